The third kappa shape index (κ3) is 4.61. The number of hydrogen-bond donors (Lipinski definition) is 3. The molecule has 3 rings (SSSR count). The van der Waals surface area contributed by atoms with Crippen molar-refractivity contribution in [1.82, 2.24) is 9.97 Å². The summed E-state index contributed by atoms with van der Waals surface area (Å²) in [6.07, 6.45) is 1.46. The first-order valence-electron chi connectivity index (χ1n) is 8.19. The van der Waals surface area contributed by atoms with Crippen molar-refractivity contribution in [3.63, 3.8) is 0 Å². The van der Waals surface area contributed by atoms with E-state index in [0.717, 1.165) is 17.2 Å². The third-order valence-electron chi connectivity index (χ3n) is 3.58. The van der Waals surface area contributed by atoms with E-state index in [9.17, 15) is 0 Å². The van der Waals surface area contributed by atoms with Crippen LogP contribution < -0.4 is 21.1 Å². The molecule has 2 aromatic carbocycles. The maximum Gasteiger partial charge on any atom is 0.159 e. The number of aromatic nitrogens is 2. The minimum absolute atomic E-state index is 0.452. The number of benzene rings is 2. The summed E-state index contributed by atoms with van der Waals surface area (Å²) >= 11 is 0. The van der Waals surface area contributed by atoms with Crippen LogP contribution >= 0.6 is 0 Å². The Labute approximate surface area is 152 Å². The zero-order chi connectivity index (χ0) is 18.2. The van der Waals surface area contributed by atoms with E-state index >= 15 is 0 Å². The molecule has 26 heavy (non-hydrogen) atoms. The predicted octanol–water partition coefficient (Wildman–Crippen LogP) is 3.65. The molecule has 0 bridgehead atoms. The second-order valence-electron chi connectivity index (χ2n) is 5.47. The zero-order valence-electron chi connectivity index (χ0n) is 14.5. The van der Waals surface area contributed by atoms with E-state index in [0.29, 0.717) is 30.5 Å². The molecule has 0 aliphatic heterocycles. The van der Waals surface area contributed by atoms with Crippen molar-refractivity contribution in [2.45, 2.75) is 0 Å². The van der Waals surface area contributed by atoms with Gasteiger partial charge in [0.25, 0.3) is 0 Å². The van der Waals surface area contributed by atoms with E-state index < -0.39 is 0 Å². The highest BCUT2D eigenvalue weighted by molar-refractivity contribution is 5.77. The van der Waals surface area contributed by atoms with E-state index in [1.165, 1.54) is 6.33 Å². The molecule has 0 unspecified atom stereocenters. The second kappa shape index (κ2) is 8.68. The molecule has 4 N–H and O–H groups in total. The fourth-order valence-electron chi connectivity index (χ4n) is 2.28. The number of nitrogen functional groups attached to an aromatic ring is 1. The van der Waals surface area contributed by atoms with Crippen LogP contribution in [0.4, 0.5) is 23.0 Å². The molecule has 0 aliphatic carbocycles. The Morgan fingerprint density at radius 3 is 2.35 bits per heavy atom. The number of rotatable bonds is 8. The fraction of sp³-hybridized carbons (Fsp3) is 0.158. The Morgan fingerprint density at radius 2 is 1.62 bits per heavy atom. The predicted molar refractivity (Wildman–Crippen MR) is 103 cm³/mol. The van der Waals surface area contributed by atoms with Gasteiger partial charge in [0.1, 0.15) is 23.5 Å². The maximum atomic E-state index is 6.13. The summed E-state index contributed by atoms with van der Waals surface area (Å²) in [5, 5.41) is 6.31. The Bertz CT molecular complexity index is 825. The van der Waals surface area contributed by atoms with E-state index in [4.69, 9.17) is 15.2 Å². The van der Waals surface area contributed by atoms with Crippen molar-refractivity contribution in [2.24, 2.45) is 0 Å². The molecule has 0 aliphatic rings. The molecule has 0 spiro atoms. The molecule has 0 amide bonds. The lowest BCUT2D eigenvalue weighted by Gasteiger charge is -2.13. The molecule has 0 fully saturated rings. The van der Waals surface area contributed by atoms with Gasteiger partial charge >= 0.3 is 0 Å². The number of anilines is 4. The van der Waals surface area contributed by atoms with Crippen LogP contribution in [0.2, 0.25) is 0 Å². The van der Waals surface area contributed by atoms with Gasteiger partial charge in [0.15, 0.2) is 11.6 Å². The van der Waals surface area contributed by atoms with Gasteiger partial charge in [-0.2, -0.15) is 0 Å². The molecule has 7 nitrogen and oxygen atoms in total. The van der Waals surface area contributed by atoms with Gasteiger partial charge in [-0.05, 0) is 36.4 Å². The zero-order valence-corrected chi connectivity index (χ0v) is 14.5. The van der Waals surface area contributed by atoms with Gasteiger partial charge in [-0.15, -0.1) is 0 Å². The highest BCUT2D eigenvalue weighted by atomic mass is 16.5. The standard InChI is InChI=1S/C19H21N5O2/c1-25-12-11-21-18-17(20)19(23-13-22-18)24-14-7-9-16(10-8-14)26-15-5-3-2-4-6-15/h2-10,13H,11-12,20H2,1H3,(H2,21,22,23,24). The SMILES string of the molecule is COCCNc1ncnc(Nc2ccc(Oc3ccccc3)cc2)c1N. The quantitative estimate of drug-likeness (QED) is 0.533. The number of methoxy groups -OCH3 is 1. The van der Waals surface area contributed by atoms with Crippen molar-refractivity contribution >= 4 is 23.0 Å². The molecule has 3 aromatic rings. The lowest BCUT2D eigenvalue weighted by molar-refractivity contribution is 0.210. The van der Waals surface area contributed by atoms with Crippen molar-refractivity contribution in [1.29, 1.82) is 0 Å². The Kier molecular flexibility index (Phi) is 5.84. The number of para-hydroxylation sites is 1. The first-order valence-corrected chi connectivity index (χ1v) is 8.19. The van der Waals surface area contributed by atoms with Crippen molar-refractivity contribution < 1.29 is 9.47 Å². The molecule has 7 heteroatoms. The average Bonchev–Trinajstić information content (AvgIpc) is 2.67. The average molecular weight is 351 g/mol. The lowest BCUT2D eigenvalue weighted by Crippen LogP contribution is -2.12. The van der Waals surface area contributed by atoms with Crippen LogP contribution in [0.25, 0.3) is 0 Å². The van der Waals surface area contributed by atoms with Gasteiger partial charge in [-0.3, -0.25) is 0 Å². The van der Waals surface area contributed by atoms with E-state index in [2.05, 4.69) is 20.6 Å². The summed E-state index contributed by atoms with van der Waals surface area (Å²) in [5.41, 5.74) is 7.43. The van der Waals surface area contributed by atoms with Crippen LogP contribution in [0.15, 0.2) is 60.9 Å². The molecule has 0 saturated heterocycles. The topological polar surface area (TPSA) is 94.3 Å². The van der Waals surface area contributed by atoms with Crippen molar-refractivity contribution in [2.75, 3.05) is 36.6 Å². The summed E-state index contributed by atoms with van der Waals surface area (Å²) in [4.78, 5) is 8.35. The van der Waals surface area contributed by atoms with Crippen molar-refractivity contribution in [3.05, 3.63) is 60.9 Å². The van der Waals surface area contributed by atoms with Crippen LogP contribution in [-0.4, -0.2) is 30.2 Å². The first-order chi connectivity index (χ1) is 12.8. The minimum atomic E-state index is 0.452. The molecular formula is C19H21N5O2. The van der Waals surface area contributed by atoms with E-state index in [-0.39, 0.29) is 0 Å². The number of ether oxygens (including phenoxy) is 2. The van der Waals surface area contributed by atoms with Gasteiger partial charge in [0.2, 0.25) is 0 Å². The van der Waals surface area contributed by atoms with Gasteiger partial charge in [-0.1, -0.05) is 18.2 Å². The van der Waals surface area contributed by atoms with Crippen LogP contribution in [0.1, 0.15) is 0 Å². The fourth-order valence-corrected chi connectivity index (χ4v) is 2.28. The summed E-state index contributed by atoms with van der Waals surface area (Å²) in [7, 11) is 1.64. The smallest absolute Gasteiger partial charge is 0.159 e. The third-order valence-corrected chi connectivity index (χ3v) is 3.58. The summed E-state index contributed by atoms with van der Waals surface area (Å²) in [6, 6.07) is 17.2. The summed E-state index contributed by atoms with van der Waals surface area (Å²) < 4.78 is 10.8. The van der Waals surface area contributed by atoms with E-state index in [1.54, 1.807) is 7.11 Å². The van der Waals surface area contributed by atoms with E-state index in [1.807, 2.05) is 54.6 Å². The number of nitrogens with two attached hydrogens (primary N) is 1. The summed E-state index contributed by atoms with van der Waals surface area (Å²) in [5.74, 6) is 2.65. The monoisotopic (exact) mass is 351 g/mol. The Balaban J connectivity index is 1.66. The van der Waals surface area contributed by atoms with Gasteiger partial charge in [-0.25, -0.2) is 9.97 Å². The normalized spacial score (nSPS) is 10.3. The Hall–Kier alpha value is -3.32. The highest BCUT2D eigenvalue weighted by Gasteiger charge is 2.08. The van der Waals surface area contributed by atoms with Crippen LogP contribution in [0.5, 0.6) is 11.5 Å². The largest absolute Gasteiger partial charge is 0.457 e. The second-order valence-corrected chi connectivity index (χ2v) is 5.47. The molecular weight excluding hydrogens is 330 g/mol. The summed E-state index contributed by atoms with van der Waals surface area (Å²) in [6.45, 7) is 1.18. The number of nitrogens with zero attached hydrogens (tertiary/aromatic N) is 2. The number of nitrogens with one attached hydrogen (secondary N) is 2. The molecule has 0 saturated carbocycles. The molecule has 0 radical (unpaired) electrons. The number of hydrogen-bond acceptors (Lipinski definition) is 7. The van der Waals surface area contributed by atoms with Crippen LogP contribution in [0, 0.1) is 0 Å². The molecule has 0 atom stereocenters. The Morgan fingerprint density at radius 1 is 0.923 bits per heavy atom. The minimum Gasteiger partial charge on any atom is -0.457 e. The van der Waals surface area contributed by atoms with Gasteiger partial charge < -0.3 is 25.8 Å². The van der Waals surface area contributed by atoms with Crippen LogP contribution in [0.3, 0.4) is 0 Å². The van der Waals surface area contributed by atoms with Crippen molar-refractivity contribution in [3.8, 4) is 11.5 Å². The van der Waals surface area contributed by atoms with Gasteiger partial charge in [0, 0.05) is 19.3 Å². The highest BCUT2D eigenvalue weighted by Crippen LogP contribution is 2.27. The maximum absolute atomic E-state index is 6.13. The van der Waals surface area contributed by atoms with Crippen LogP contribution in [-0.2, 0) is 4.74 Å². The molecule has 134 valence electrons. The lowest BCUT2D eigenvalue weighted by atomic mass is 10.3. The molecule has 1 aromatic heterocycles. The van der Waals surface area contributed by atoms with Gasteiger partial charge in [0.05, 0.1) is 6.61 Å². The first kappa shape index (κ1) is 17.5. The molecule has 1 heterocycles.